The van der Waals surface area contributed by atoms with Crippen LogP contribution in [0.1, 0.15) is 78.9 Å². The molecule has 42 heavy (non-hydrogen) atoms. The molecular formula is C29H36F6NO5S+. The largest absolute Gasteiger partial charge is 0.440 e. The van der Waals surface area contributed by atoms with E-state index in [4.69, 9.17) is 4.74 Å². The van der Waals surface area contributed by atoms with Gasteiger partial charge in [0.2, 0.25) is 0 Å². The molecule has 1 saturated carbocycles. The Hall–Kier alpha value is -2.48. The van der Waals surface area contributed by atoms with Crippen molar-refractivity contribution in [3.8, 4) is 0 Å². The molecule has 0 aliphatic heterocycles. The smallest absolute Gasteiger partial charge is 0.381 e. The van der Waals surface area contributed by atoms with Gasteiger partial charge in [-0.1, -0.05) is 50.1 Å². The van der Waals surface area contributed by atoms with E-state index in [1.54, 1.807) is 6.07 Å². The molecule has 2 aromatic carbocycles. The molecule has 1 unspecified atom stereocenters. The lowest BCUT2D eigenvalue weighted by Crippen LogP contribution is -2.58. The van der Waals surface area contributed by atoms with Crippen LogP contribution in [0.3, 0.4) is 0 Å². The fourth-order valence-corrected chi connectivity index (χ4v) is 6.42. The number of ether oxygens (including phenoxy) is 1. The van der Waals surface area contributed by atoms with Gasteiger partial charge in [-0.2, -0.15) is 26.3 Å². The normalized spacial score (nSPS) is 19.8. The Labute approximate surface area is 242 Å². The summed E-state index contributed by atoms with van der Waals surface area (Å²) in [5.41, 5.74) is -4.37. The van der Waals surface area contributed by atoms with Crippen molar-refractivity contribution >= 4 is 16.2 Å². The summed E-state index contributed by atoms with van der Waals surface area (Å²) in [4.78, 5) is 13.9. The van der Waals surface area contributed by atoms with Gasteiger partial charge in [-0.25, -0.2) is 9.35 Å². The van der Waals surface area contributed by atoms with Gasteiger partial charge in [0.1, 0.15) is 13.1 Å². The summed E-state index contributed by atoms with van der Waals surface area (Å²) in [6, 6.07) is 7.88. The van der Waals surface area contributed by atoms with Crippen LogP contribution in [0.4, 0.5) is 26.3 Å². The Morgan fingerprint density at radius 1 is 0.905 bits per heavy atom. The van der Waals surface area contributed by atoms with E-state index in [-0.39, 0.29) is 29.7 Å². The fourth-order valence-electron chi connectivity index (χ4n) is 5.39. The van der Waals surface area contributed by atoms with E-state index in [2.05, 4.69) is 6.92 Å². The second kappa shape index (κ2) is 13.9. The minimum absolute atomic E-state index is 0.137. The monoisotopic (exact) mass is 624 g/mol. The van der Waals surface area contributed by atoms with Crippen LogP contribution in [0, 0.1) is 11.8 Å². The molecule has 0 radical (unpaired) electrons. The van der Waals surface area contributed by atoms with E-state index in [0.29, 0.717) is 38.9 Å². The average molecular weight is 625 g/mol. The number of carbonyl (C=O) groups excluding carboxylic acids is 1. The topological polar surface area (TPSA) is 80.7 Å². The van der Waals surface area contributed by atoms with Crippen LogP contribution >= 0.6 is 0 Å². The first-order valence-corrected chi connectivity index (χ1v) is 15.3. The van der Waals surface area contributed by atoms with E-state index in [9.17, 15) is 44.1 Å². The molecule has 2 aromatic rings. The van der Waals surface area contributed by atoms with E-state index in [1.165, 1.54) is 24.3 Å². The fraction of sp³-hybridized carbons (Fsp3) is 0.552. The number of unbranched alkanes of at least 4 members (excludes halogenated alkanes) is 2. The van der Waals surface area contributed by atoms with Crippen LogP contribution in [-0.4, -0.2) is 42.5 Å². The molecule has 1 N–H and O–H groups in total. The summed E-state index contributed by atoms with van der Waals surface area (Å²) in [6.07, 6.45) is -5.31. The molecule has 1 fully saturated rings. The van der Waals surface area contributed by atoms with Gasteiger partial charge in [-0.3, -0.25) is 0 Å². The highest BCUT2D eigenvalue weighted by Gasteiger charge is 2.52. The lowest BCUT2D eigenvalue weighted by atomic mass is 9.82. The number of amides is 1. The van der Waals surface area contributed by atoms with Crippen LogP contribution in [0.15, 0.2) is 48.5 Å². The number of hydrogen-bond acceptors (Lipinski definition) is 4. The summed E-state index contributed by atoms with van der Waals surface area (Å²) in [6.45, 7) is 2.02. The van der Waals surface area contributed by atoms with Crippen molar-refractivity contribution in [3.05, 3.63) is 70.8 Å². The number of halogens is 6. The summed E-state index contributed by atoms with van der Waals surface area (Å²) >= 11 is 0. The maximum absolute atomic E-state index is 13.9. The molecule has 0 aromatic heterocycles. The summed E-state index contributed by atoms with van der Waals surface area (Å²) in [5.74, 6) is -1.83. The zero-order valence-electron chi connectivity index (χ0n) is 23.3. The van der Waals surface area contributed by atoms with E-state index in [0.717, 1.165) is 19.3 Å². The zero-order chi connectivity index (χ0) is 31.2. The molecule has 0 spiro atoms. The van der Waals surface area contributed by atoms with Crippen molar-refractivity contribution in [3.63, 3.8) is 0 Å². The summed E-state index contributed by atoms with van der Waals surface area (Å²) in [5, 5.41) is 0. The van der Waals surface area contributed by atoms with Crippen molar-refractivity contribution in [1.29, 1.82) is 0 Å². The van der Waals surface area contributed by atoms with Gasteiger partial charge >= 0.3 is 28.6 Å². The highest BCUT2D eigenvalue weighted by molar-refractivity contribution is 7.80. The number of carbonyl (C=O) groups is 1. The highest BCUT2D eigenvalue weighted by atomic mass is 32.2. The first-order valence-electron chi connectivity index (χ1n) is 13.9. The third-order valence-corrected chi connectivity index (χ3v) is 9.02. The van der Waals surface area contributed by atoms with Crippen molar-refractivity contribution in [2.24, 2.45) is 11.8 Å². The van der Waals surface area contributed by atoms with Gasteiger partial charge in [0, 0.05) is 24.7 Å². The Morgan fingerprint density at radius 3 is 1.95 bits per heavy atom. The van der Waals surface area contributed by atoms with Gasteiger partial charge in [-0.15, -0.1) is 12.3 Å². The second-order valence-corrected chi connectivity index (χ2v) is 12.5. The third kappa shape index (κ3) is 8.77. The first kappa shape index (κ1) is 34.0. The Bertz CT molecular complexity index is 1260. The van der Waals surface area contributed by atoms with Gasteiger partial charge in [-0.05, 0) is 56.2 Å². The van der Waals surface area contributed by atoms with E-state index >= 15 is 0 Å². The van der Waals surface area contributed by atoms with Crippen LogP contribution in [0.25, 0.3) is 0 Å². The Balaban J connectivity index is 1.99. The summed E-state index contributed by atoms with van der Waals surface area (Å²) < 4.78 is 122. The van der Waals surface area contributed by atoms with Crippen molar-refractivity contribution in [2.75, 3.05) is 19.8 Å². The van der Waals surface area contributed by atoms with Crippen LogP contribution in [-0.2, 0) is 33.9 Å². The molecule has 0 saturated heterocycles. The standard InChI is InChI=1S/C29H35F6NO5S/c1-2-3-7-14-41-20-23-12-10-22(11-13-23)19-36(42(38,39)40,18-21-8-5-4-6-9-21)27(37)24-15-25(28(30,31)32)17-26(16-24)29(33,34)35/h4-6,8-9,15-17,22-23H,2-3,7,10-14,18-20H2,1H3/p+1. The molecule has 13 heteroatoms. The number of rotatable bonds is 12. The van der Waals surface area contributed by atoms with Gasteiger partial charge in [0.15, 0.2) is 0 Å². The quantitative estimate of drug-likeness (QED) is 0.113. The van der Waals surface area contributed by atoms with Crippen LogP contribution in [0.5, 0.6) is 0 Å². The van der Waals surface area contributed by atoms with Gasteiger partial charge in [0.25, 0.3) is 0 Å². The number of nitrogens with zero attached hydrogens (tertiary/aromatic N) is 1. The lowest BCUT2D eigenvalue weighted by Gasteiger charge is -2.37. The lowest BCUT2D eigenvalue weighted by molar-refractivity contribution is -0.745. The van der Waals surface area contributed by atoms with Crippen LogP contribution < -0.4 is 0 Å². The molecule has 1 atom stereocenters. The molecule has 1 aliphatic carbocycles. The van der Waals surface area contributed by atoms with E-state index < -0.39 is 68.2 Å². The van der Waals surface area contributed by atoms with Crippen LogP contribution in [0.2, 0.25) is 0 Å². The molecule has 3 rings (SSSR count). The van der Waals surface area contributed by atoms with Gasteiger partial charge < -0.3 is 4.74 Å². The van der Waals surface area contributed by atoms with Gasteiger partial charge in [0.05, 0.1) is 16.7 Å². The van der Waals surface area contributed by atoms with Crippen molar-refractivity contribution < 1.29 is 52.7 Å². The second-order valence-electron chi connectivity index (χ2n) is 10.9. The minimum atomic E-state index is -5.40. The van der Waals surface area contributed by atoms with E-state index in [1.807, 2.05) is 0 Å². The summed E-state index contributed by atoms with van der Waals surface area (Å²) in [7, 11) is -5.40. The van der Waals surface area contributed by atoms with Crippen molar-refractivity contribution in [1.82, 2.24) is 0 Å². The molecule has 1 aliphatic rings. The Kier molecular flexibility index (Phi) is 11.2. The first-order chi connectivity index (χ1) is 19.6. The molecule has 6 nitrogen and oxygen atoms in total. The predicted molar refractivity (Wildman–Crippen MR) is 143 cm³/mol. The molecule has 0 bridgehead atoms. The SMILES string of the molecule is CCCCCOCC1CCC(C[N+](Cc2ccccc2)(C(=O)c2cc(C(F)(F)F)cc(C(F)(F)F)c2)S(=O)(=O)O)CC1. The number of quaternary nitrogens is 1. The molecular weight excluding hydrogens is 588 g/mol. The molecule has 0 heterocycles. The minimum Gasteiger partial charge on any atom is -0.381 e. The number of benzene rings is 2. The predicted octanol–water partition coefficient (Wildman–Crippen LogP) is 7.70. The Morgan fingerprint density at radius 2 is 1.45 bits per heavy atom. The number of hydrogen-bond donors (Lipinski definition) is 1. The maximum Gasteiger partial charge on any atom is 0.440 e. The third-order valence-electron chi connectivity index (χ3n) is 7.69. The maximum atomic E-state index is 13.9. The highest BCUT2D eigenvalue weighted by Crippen LogP contribution is 2.39. The van der Waals surface area contributed by atoms with Crippen molar-refractivity contribution in [2.45, 2.75) is 70.8 Å². The zero-order valence-corrected chi connectivity index (χ0v) is 24.1. The molecule has 1 amide bonds. The molecule has 234 valence electrons. The average Bonchev–Trinajstić information content (AvgIpc) is 2.91. The number of alkyl halides is 6.